The zero-order chi connectivity index (χ0) is 11.0. The van der Waals surface area contributed by atoms with E-state index in [9.17, 15) is 4.79 Å². The van der Waals surface area contributed by atoms with Crippen molar-refractivity contribution in [2.45, 2.75) is 26.2 Å². The monoisotopic (exact) mass is 206 g/mol. The second kappa shape index (κ2) is 3.53. The molecule has 0 radical (unpaired) electrons. The van der Waals surface area contributed by atoms with Gasteiger partial charge >= 0.3 is 5.97 Å². The average molecular weight is 206 g/mol. The van der Waals surface area contributed by atoms with E-state index in [1.54, 1.807) is 0 Å². The molecule has 0 bridgehead atoms. The van der Waals surface area contributed by atoms with Gasteiger partial charge in [-0.2, -0.15) is 0 Å². The highest BCUT2D eigenvalue weighted by molar-refractivity contribution is 5.96. The molecular formula is C11H14N2O2. The zero-order valence-corrected chi connectivity index (χ0v) is 8.91. The summed E-state index contributed by atoms with van der Waals surface area (Å²) in [6.45, 7) is 4.54. The highest BCUT2D eigenvalue weighted by atomic mass is 16.5. The fourth-order valence-electron chi connectivity index (χ4n) is 1.70. The first kappa shape index (κ1) is 9.96. The second-order valence-corrected chi connectivity index (χ2v) is 4.01. The fraction of sp³-hybridized carbons (Fsp3) is 0.455. The van der Waals surface area contributed by atoms with E-state index in [2.05, 4.69) is 18.8 Å². The molecule has 4 heteroatoms. The van der Waals surface area contributed by atoms with Crippen LogP contribution in [-0.2, 0) is 11.2 Å². The molecule has 0 fully saturated rings. The molecular weight excluding hydrogens is 192 g/mol. The van der Waals surface area contributed by atoms with Crippen LogP contribution in [0.5, 0.6) is 0 Å². The van der Waals surface area contributed by atoms with Gasteiger partial charge in [-0.05, 0) is 17.5 Å². The number of carbonyl (C=O) groups is 1. The van der Waals surface area contributed by atoms with Crippen molar-refractivity contribution in [1.82, 2.24) is 4.98 Å². The van der Waals surface area contributed by atoms with Crippen LogP contribution in [0.4, 0.5) is 5.82 Å². The van der Waals surface area contributed by atoms with Crippen LogP contribution in [0.2, 0.25) is 0 Å². The molecule has 1 aromatic heterocycles. The molecule has 0 amide bonds. The molecule has 80 valence electrons. The van der Waals surface area contributed by atoms with Crippen molar-refractivity contribution in [2.24, 2.45) is 0 Å². The Hall–Kier alpha value is -1.58. The predicted molar refractivity (Wildman–Crippen MR) is 56.7 cm³/mol. The Balaban J connectivity index is 2.55. The number of rotatable bonds is 1. The summed E-state index contributed by atoms with van der Waals surface area (Å²) >= 11 is 0. The SMILES string of the molecule is CC(C)c1cc2c(c(N)n1)C(=O)OCC2. The van der Waals surface area contributed by atoms with E-state index in [-0.39, 0.29) is 5.97 Å². The number of nitrogens with two attached hydrogens (primary N) is 1. The number of anilines is 1. The molecule has 15 heavy (non-hydrogen) atoms. The van der Waals surface area contributed by atoms with E-state index in [4.69, 9.17) is 10.5 Å². The molecule has 0 saturated carbocycles. The van der Waals surface area contributed by atoms with Gasteiger partial charge in [-0.15, -0.1) is 0 Å². The van der Waals surface area contributed by atoms with Gasteiger partial charge in [0, 0.05) is 12.1 Å². The first-order chi connectivity index (χ1) is 7.09. The third-order valence-corrected chi connectivity index (χ3v) is 2.55. The van der Waals surface area contributed by atoms with Gasteiger partial charge in [0.2, 0.25) is 0 Å². The Labute approximate surface area is 88.4 Å². The van der Waals surface area contributed by atoms with Crippen LogP contribution in [0, 0.1) is 0 Å². The number of ether oxygens (including phenoxy) is 1. The fourth-order valence-corrected chi connectivity index (χ4v) is 1.70. The molecule has 0 atom stereocenters. The summed E-state index contributed by atoms with van der Waals surface area (Å²) in [5.41, 5.74) is 8.10. The quantitative estimate of drug-likeness (QED) is 0.707. The van der Waals surface area contributed by atoms with Crippen LogP contribution in [0.1, 0.15) is 41.4 Å². The maximum absolute atomic E-state index is 11.4. The Bertz CT molecular complexity index is 413. The number of pyridine rings is 1. The maximum atomic E-state index is 11.4. The Morgan fingerprint density at radius 1 is 1.53 bits per heavy atom. The highest BCUT2D eigenvalue weighted by Gasteiger charge is 2.23. The summed E-state index contributed by atoms with van der Waals surface area (Å²) in [4.78, 5) is 15.7. The Morgan fingerprint density at radius 2 is 2.27 bits per heavy atom. The van der Waals surface area contributed by atoms with E-state index >= 15 is 0 Å². The number of cyclic esters (lactones) is 1. The summed E-state index contributed by atoms with van der Waals surface area (Å²) in [6.07, 6.45) is 0.730. The van der Waals surface area contributed by atoms with E-state index in [1.807, 2.05) is 6.07 Å². The summed E-state index contributed by atoms with van der Waals surface area (Å²) in [5, 5.41) is 0. The van der Waals surface area contributed by atoms with Gasteiger partial charge in [0.05, 0.1) is 6.61 Å². The number of nitrogen functional groups attached to an aromatic ring is 1. The smallest absolute Gasteiger partial charge is 0.342 e. The number of aromatic nitrogens is 1. The van der Waals surface area contributed by atoms with Crippen molar-refractivity contribution in [2.75, 3.05) is 12.3 Å². The van der Waals surface area contributed by atoms with Crippen LogP contribution < -0.4 is 5.73 Å². The van der Waals surface area contributed by atoms with Crippen molar-refractivity contribution < 1.29 is 9.53 Å². The lowest BCUT2D eigenvalue weighted by atomic mass is 9.99. The first-order valence-corrected chi connectivity index (χ1v) is 5.06. The van der Waals surface area contributed by atoms with Gasteiger partial charge in [-0.1, -0.05) is 13.8 Å². The number of carbonyl (C=O) groups excluding carboxylic acids is 1. The summed E-state index contributed by atoms with van der Waals surface area (Å²) in [6, 6.07) is 1.96. The largest absolute Gasteiger partial charge is 0.462 e. The lowest BCUT2D eigenvalue weighted by Gasteiger charge is -2.18. The third kappa shape index (κ3) is 1.67. The van der Waals surface area contributed by atoms with Crippen molar-refractivity contribution in [1.29, 1.82) is 0 Å². The number of esters is 1. The number of nitrogens with zero attached hydrogens (tertiary/aromatic N) is 1. The Kier molecular flexibility index (Phi) is 2.34. The highest BCUT2D eigenvalue weighted by Crippen LogP contribution is 2.25. The van der Waals surface area contributed by atoms with Crippen LogP contribution in [0.15, 0.2) is 6.07 Å². The number of fused-ring (bicyclic) bond motifs is 1. The van der Waals surface area contributed by atoms with Gasteiger partial charge in [0.1, 0.15) is 11.4 Å². The molecule has 0 spiro atoms. The van der Waals surface area contributed by atoms with Crippen LogP contribution in [0.3, 0.4) is 0 Å². The molecule has 1 aromatic rings. The van der Waals surface area contributed by atoms with Crippen molar-refractivity contribution in [3.63, 3.8) is 0 Å². The minimum Gasteiger partial charge on any atom is -0.462 e. The molecule has 4 nitrogen and oxygen atoms in total. The average Bonchev–Trinajstić information content (AvgIpc) is 2.17. The van der Waals surface area contributed by atoms with Gasteiger partial charge in [0.25, 0.3) is 0 Å². The van der Waals surface area contributed by atoms with Crippen LogP contribution in [0.25, 0.3) is 0 Å². The second-order valence-electron chi connectivity index (χ2n) is 4.01. The minimum absolute atomic E-state index is 0.293. The minimum atomic E-state index is -0.350. The van der Waals surface area contributed by atoms with Gasteiger partial charge in [-0.3, -0.25) is 0 Å². The lowest BCUT2D eigenvalue weighted by molar-refractivity contribution is 0.0481. The van der Waals surface area contributed by atoms with E-state index < -0.39 is 0 Å². The maximum Gasteiger partial charge on any atom is 0.342 e. The van der Waals surface area contributed by atoms with Crippen molar-refractivity contribution >= 4 is 11.8 Å². The number of hydrogen-bond donors (Lipinski definition) is 1. The van der Waals surface area contributed by atoms with Crippen LogP contribution >= 0.6 is 0 Å². The summed E-state index contributed by atoms with van der Waals surface area (Å²) in [5.74, 6) is 0.257. The van der Waals surface area contributed by atoms with E-state index in [0.29, 0.717) is 23.9 Å². The Morgan fingerprint density at radius 3 is 2.93 bits per heavy atom. The molecule has 1 aliphatic heterocycles. The summed E-state index contributed by atoms with van der Waals surface area (Å²) < 4.78 is 4.93. The molecule has 0 unspecified atom stereocenters. The lowest BCUT2D eigenvalue weighted by Crippen LogP contribution is -2.21. The zero-order valence-electron chi connectivity index (χ0n) is 8.91. The normalized spacial score (nSPS) is 15.0. The van der Waals surface area contributed by atoms with E-state index in [1.165, 1.54) is 0 Å². The van der Waals surface area contributed by atoms with Gasteiger partial charge in [0.15, 0.2) is 0 Å². The standard InChI is InChI=1S/C11H14N2O2/c1-6(2)8-5-7-3-4-15-11(14)9(7)10(12)13-8/h5-6H,3-4H2,1-2H3,(H2,12,13). The topological polar surface area (TPSA) is 65.2 Å². The molecule has 0 saturated heterocycles. The molecule has 0 aliphatic carbocycles. The van der Waals surface area contributed by atoms with Gasteiger partial charge < -0.3 is 10.5 Å². The molecule has 2 N–H and O–H groups in total. The van der Waals surface area contributed by atoms with Crippen molar-refractivity contribution in [3.8, 4) is 0 Å². The van der Waals surface area contributed by atoms with Crippen molar-refractivity contribution in [3.05, 3.63) is 22.9 Å². The molecule has 0 aromatic carbocycles. The molecule has 2 rings (SSSR count). The van der Waals surface area contributed by atoms with Gasteiger partial charge in [-0.25, -0.2) is 9.78 Å². The number of hydrogen-bond acceptors (Lipinski definition) is 4. The third-order valence-electron chi connectivity index (χ3n) is 2.55. The van der Waals surface area contributed by atoms with Crippen LogP contribution in [-0.4, -0.2) is 17.6 Å². The first-order valence-electron chi connectivity index (χ1n) is 5.06. The molecule has 1 aliphatic rings. The van der Waals surface area contributed by atoms with E-state index in [0.717, 1.165) is 17.7 Å². The predicted octanol–water partition coefficient (Wildman–Crippen LogP) is 1.50. The summed E-state index contributed by atoms with van der Waals surface area (Å²) in [7, 11) is 0. The molecule has 2 heterocycles.